The number of non-ortho nitro benzene ring substituents is 1. The molecule has 7 heteroatoms. The van der Waals surface area contributed by atoms with Crippen LogP contribution in [0, 0.1) is 10.1 Å². The quantitative estimate of drug-likeness (QED) is 0.498. The Morgan fingerprint density at radius 1 is 1.14 bits per heavy atom. The summed E-state index contributed by atoms with van der Waals surface area (Å²) in [6.07, 6.45) is 2.61. The molecule has 1 aliphatic rings. The van der Waals surface area contributed by atoms with Crippen molar-refractivity contribution >= 4 is 11.6 Å². The number of amides is 1. The average Bonchev–Trinajstić information content (AvgIpc) is 3.28. The van der Waals surface area contributed by atoms with Crippen molar-refractivity contribution < 1.29 is 19.0 Å². The molecule has 1 amide bonds. The van der Waals surface area contributed by atoms with Gasteiger partial charge in [0.1, 0.15) is 6.54 Å². The number of nitro groups is 1. The SMILES string of the molecule is O=C(NC[C@H](c1ccco1)[NH+]1CCc2ccccc2C1)c1cccc([N+](=O)[O-])c1. The minimum Gasteiger partial charge on any atom is -0.463 e. The topological polar surface area (TPSA) is 89.8 Å². The Kier molecular flexibility index (Phi) is 5.39. The van der Waals surface area contributed by atoms with Gasteiger partial charge in [0.2, 0.25) is 0 Å². The molecule has 0 saturated carbocycles. The summed E-state index contributed by atoms with van der Waals surface area (Å²) in [5, 5.41) is 13.9. The molecule has 3 aromatic rings. The van der Waals surface area contributed by atoms with Crippen molar-refractivity contribution in [1.29, 1.82) is 0 Å². The van der Waals surface area contributed by atoms with Crippen LogP contribution in [0.5, 0.6) is 0 Å². The highest BCUT2D eigenvalue weighted by Crippen LogP contribution is 2.16. The standard InChI is InChI=1S/C22H21N3O4/c26-22(17-7-3-8-19(13-17)25(27)28)23-14-20(21-9-4-12-29-21)24-11-10-16-5-1-2-6-18(16)15-24/h1-9,12-13,20H,10-11,14-15H2,(H,23,26)/p+1/t20-/m1/s1. The molecule has 0 saturated heterocycles. The summed E-state index contributed by atoms with van der Waals surface area (Å²) < 4.78 is 5.66. The molecule has 0 bridgehead atoms. The zero-order valence-corrected chi connectivity index (χ0v) is 15.8. The number of hydrogen-bond donors (Lipinski definition) is 2. The average molecular weight is 392 g/mol. The molecule has 1 aliphatic heterocycles. The molecular weight excluding hydrogens is 370 g/mol. The van der Waals surface area contributed by atoms with E-state index in [0.29, 0.717) is 6.54 Å². The van der Waals surface area contributed by atoms with Crippen molar-refractivity contribution in [2.75, 3.05) is 13.1 Å². The minimum atomic E-state index is -0.502. The predicted molar refractivity (Wildman–Crippen MR) is 107 cm³/mol. The molecule has 2 aromatic carbocycles. The van der Waals surface area contributed by atoms with E-state index >= 15 is 0 Å². The Morgan fingerprint density at radius 2 is 1.97 bits per heavy atom. The van der Waals surface area contributed by atoms with Gasteiger partial charge in [-0.2, -0.15) is 0 Å². The normalized spacial score (nSPS) is 16.6. The highest BCUT2D eigenvalue weighted by atomic mass is 16.6. The van der Waals surface area contributed by atoms with Crippen LogP contribution in [0.3, 0.4) is 0 Å². The second kappa shape index (κ2) is 8.28. The summed E-state index contributed by atoms with van der Waals surface area (Å²) in [5.41, 5.74) is 2.86. The van der Waals surface area contributed by atoms with Crippen LogP contribution < -0.4 is 10.2 Å². The fraction of sp³-hybridized carbons (Fsp3) is 0.227. The van der Waals surface area contributed by atoms with Crippen LogP contribution >= 0.6 is 0 Å². The first kappa shape index (κ1) is 18.9. The van der Waals surface area contributed by atoms with Crippen molar-refractivity contribution in [3.63, 3.8) is 0 Å². The molecule has 2 N–H and O–H groups in total. The van der Waals surface area contributed by atoms with Crippen LogP contribution in [0.25, 0.3) is 0 Å². The minimum absolute atomic E-state index is 0.0407. The zero-order chi connectivity index (χ0) is 20.2. The third kappa shape index (κ3) is 4.20. The molecule has 0 aliphatic carbocycles. The maximum atomic E-state index is 12.6. The van der Waals surface area contributed by atoms with Gasteiger partial charge >= 0.3 is 0 Å². The number of hydrogen-bond acceptors (Lipinski definition) is 4. The lowest BCUT2D eigenvalue weighted by Crippen LogP contribution is -3.12. The highest BCUT2D eigenvalue weighted by Gasteiger charge is 2.30. The number of carbonyl (C=O) groups excluding carboxylic acids is 1. The van der Waals surface area contributed by atoms with E-state index in [1.54, 1.807) is 12.3 Å². The smallest absolute Gasteiger partial charge is 0.270 e. The monoisotopic (exact) mass is 392 g/mol. The third-order valence-electron chi connectivity index (χ3n) is 5.42. The van der Waals surface area contributed by atoms with Crippen molar-refractivity contribution in [1.82, 2.24) is 5.32 Å². The fourth-order valence-electron chi connectivity index (χ4n) is 3.89. The largest absolute Gasteiger partial charge is 0.463 e. The molecule has 1 unspecified atom stereocenters. The molecule has 2 heterocycles. The molecule has 0 fully saturated rings. The molecule has 7 nitrogen and oxygen atoms in total. The Bertz CT molecular complexity index is 1020. The number of benzene rings is 2. The molecule has 29 heavy (non-hydrogen) atoms. The lowest BCUT2D eigenvalue weighted by molar-refractivity contribution is -0.946. The second-order valence-electron chi connectivity index (χ2n) is 7.19. The first-order valence-electron chi connectivity index (χ1n) is 9.59. The van der Waals surface area contributed by atoms with E-state index in [0.717, 1.165) is 25.3 Å². The number of rotatable bonds is 6. The summed E-state index contributed by atoms with van der Waals surface area (Å²) in [7, 11) is 0. The number of quaternary nitrogens is 1. The predicted octanol–water partition coefficient (Wildman–Crippen LogP) is 2.30. The van der Waals surface area contributed by atoms with Crippen molar-refractivity contribution in [3.05, 3.63) is 99.5 Å². The first-order valence-corrected chi connectivity index (χ1v) is 9.59. The van der Waals surface area contributed by atoms with Gasteiger partial charge in [-0.25, -0.2) is 0 Å². The van der Waals surface area contributed by atoms with E-state index in [1.165, 1.54) is 34.2 Å². The van der Waals surface area contributed by atoms with E-state index < -0.39 is 4.92 Å². The number of carbonyl (C=O) groups is 1. The number of fused-ring (bicyclic) bond motifs is 1. The summed E-state index contributed by atoms with van der Waals surface area (Å²) in [6.45, 7) is 2.18. The van der Waals surface area contributed by atoms with Gasteiger partial charge in [-0.1, -0.05) is 30.3 Å². The Morgan fingerprint density at radius 3 is 2.72 bits per heavy atom. The van der Waals surface area contributed by atoms with Gasteiger partial charge in [0.05, 0.1) is 24.3 Å². The van der Waals surface area contributed by atoms with Gasteiger partial charge in [0, 0.05) is 29.7 Å². The maximum absolute atomic E-state index is 12.6. The number of furan rings is 1. The Balaban J connectivity index is 1.50. The third-order valence-corrected chi connectivity index (χ3v) is 5.42. The number of nitrogens with zero attached hydrogens (tertiary/aromatic N) is 1. The van der Waals surface area contributed by atoms with Gasteiger partial charge in [0.25, 0.3) is 11.6 Å². The molecular formula is C22H22N3O4+. The molecule has 4 rings (SSSR count). The zero-order valence-electron chi connectivity index (χ0n) is 15.8. The number of nitrogens with one attached hydrogen (secondary N) is 2. The highest BCUT2D eigenvalue weighted by molar-refractivity contribution is 5.94. The van der Waals surface area contributed by atoms with E-state index in [4.69, 9.17) is 4.42 Å². The summed E-state index contributed by atoms with van der Waals surface area (Å²) in [5.74, 6) is 0.487. The summed E-state index contributed by atoms with van der Waals surface area (Å²) in [6, 6.07) is 17.9. The maximum Gasteiger partial charge on any atom is 0.270 e. The molecule has 0 radical (unpaired) electrons. The van der Waals surface area contributed by atoms with Gasteiger partial charge in [-0.05, 0) is 23.8 Å². The van der Waals surface area contributed by atoms with Gasteiger partial charge in [-0.15, -0.1) is 0 Å². The van der Waals surface area contributed by atoms with Crippen LogP contribution in [0.2, 0.25) is 0 Å². The van der Waals surface area contributed by atoms with Crippen LogP contribution in [0.15, 0.2) is 71.3 Å². The number of nitro benzene ring substituents is 1. The lowest BCUT2D eigenvalue weighted by atomic mass is 9.98. The summed E-state index contributed by atoms with van der Waals surface area (Å²) >= 11 is 0. The van der Waals surface area contributed by atoms with Crippen LogP contribution in [0.4, 0.5) is 5.69 Å². The fourth-order valence-corrected chi connectivity index (χ4v) is 3.89. The van der Waals surface area contributed by atoms with Gasteiger partial charge < -0.3 is 14.6 Å². The Labute approximate surface area is 168 Å². The molecule has 2 atom stereocenters. The van der Waals surface area contributed by atoms with Crippen molar-refractivity contribution in [3.8, 4) is 0 Å². The first-order chi connectivity index (χ1) is 14.1. The van der Waals surface area contributed by atoms with Crippen LogP contribution in [-0.2, 0) is 13.0 Å². The lowest BCUT2D eigenvalue weighted by Gasteiger charge is -2.31. The van der Waals surface area contributed by atoms with Gasteiger partial charge in [-0.3, -0.25) is 14.9 Å². The van der Waals surface area contributed by atoms with Crippen LogP contribution in [-0.4, -0.2) is 23.9 Å². The van der Waals surface area contributed by atoms with E-state index in [9.17, 15) is 14.9 Å². The molecule has 0 spiro atoms. The van der Waals surface area contributed by atoms with E-state index in [1.807, 2.05) is 18.2 Å². The van der Waals surface area contributed by atoms with Crippen molar-refractivity contribution in [2.24, 2.45) is 0 Å². The molecule has 1 aromatic heterocycles. The second-order valence-corrected chi connectivity index (χ2v) is 7.19. The summed E-state index contributed by atoms with van der Waals surface area (Å²) in [4.78, 5) is 24.4. The molecule has 148 valence electrons. The van der Waals surface area contributed by atoms with Crippen molar-refractivity contribution in [2.45, 2.75) is 19.0 Å². The van der Waals surface area contributed by atoms with E-state index in [2.05, 4.69) is 23.5 Å². The van der Waals surface area contributed by atoms with E-state index in [-0.39, 0.29) is 23.2 Å². The Hall–Kier alpha value is -3.45. The van der Waals surface area contributed by atoms with Gasteiger partial charge in [0.15, 0.2) is 11.8 Å². The van der Waals surface area contributed by atoms with Crippen LogP contribution in [0.1, 0.15) is 33.3 Å².